The Labute approximate surface area is 145 Å². The van der Waals surface area contributed by atoms with Crippen molar-refractivity contribution in [2.75, 3.05) is 0 Å². The van der Waals surface area contributed by atoms with Crippen molar-refractivity contribution in [1.29, 1.82) is 0 Å². The number of ketones is 2. The Balaban J connectivity index is 2.15. The maximum Gasteiger partial charge on any atom is 0.157 e. The molecule has 0 radical (unpaired) electrons. The molecule has 4 heteroatoms. The molecule has 1 aliphatic carbocycles. The van der Waals surface area contributed by atoms with E-state index in [1.807, 2.05) is 0 Å². The van der Waals surface area contributed by atoms with E-state index in [1.165, 1.54) is 12.2 Å². The quantitative estimate of drug-likeness (QED) is 0.536. The van der Waals surface area contributed by atoms with E-state index < -0.39 is 12.2 Å². The summed E-state index contributed by atoms with van der Waals surface area (Å²) in [5.74, 6) is 1.06. The molecule has 0 saturated heterocycles. The predicted octanol–water partition coefficient (Wildman–Crippen LogP) is 3.37. The van der Waals surface area contributed by atoms with Gasteiger partial charge in [0, 0.05) is 12.8 Å². The van der Waals surface area contributed by atoms with Gasteiger partial charge >= 0.3 is 0 Å². The van der Waals surface area contributed by atoms with Crippen LogP contribution in [-0.2, 0) is 9.59 Å². The van der Waals surface area contributed by atoms with Crippen molar-refractivity contribution in [3.63, 3.8) is 0 Å². The van der Waals surface area contributed by atoms with Crippen LogP contribution < -0.4 is 0 Å². The number of hydrogen-bond acceptors (Lipinski definition) is 4. The molecule has 1 aliphatic rings. The summed E-state index contributed by atoms with van der Waals surface area (Å²) in [4.78, 5) is 22.4. The minimum atomic E-state index is -0.550. The number of allylic oxidation sites excluding steroid dienone is 2. The van der Waals surface area contributed by atoms with Gasteiger partial charge in [0.05, 0.1) is 12.2 Å². The molecule has 0 aromatic heterocycles. The Hall–Kier alpha value is -1.26. The molecule has 1 saturated carbocycles. The molecule has 2 atom stereocenters. The molecule has 0 spiro atoms. The van der Waals surface area contributed by atoms with E-state index in [0.29, 0.717) is 24.7 Å². The van der Waals surface area contributed by atoms with Gasteiger partial charge in [0.25, 0.3) is 0 Å². The predicted molar refractivity (Wildman–Crippen MR) is 95.6 cm³/mol. The van der Waals surface area contributed by atoms with Gasteiger partial charge in [-0.1, -0.05) is 38.8 Å². The second-order valence-corrected chi connectivity index (χ2v) is 7.10. The van der Waals surface area contributed by atoms with Gasteiger partial charge in [-0.25, -0.2) is 0 Å². The third-order valence-corrected chi connectivity index (χ3v) is 5.11. The fourth-order valence-electron chi connectivity index (χ4n) is 3.50. The highest BCUT2D eigenvalue weighted by Crippen LogP contribution is 2.34. The minimum absolute atomic E-state index is 0.0975. The zero-order valence-corrected chi connectivity index (χ0v) is 14.7. The molecule has 1 fully saturated rings. The molecular formula is C20H32O4. The second-order valence-electron chi connectivity index (χ2n) is 7.10. The van der Waals surface area contributed by atoms with E-state index in [1.54, 1.807) is 0 Å². The number of carbonyl (C=O) groups is 2. The summed E-state index contributed by atoms with van der Waals surface area (Å²) < 4.78 is 0. The van der Waals surface area contributed by atoms with Crippen molar-refractivity contribution in [3.05, 3.63) is 25.3 Å². The third-order valence-electron chi connectivity index (χ3n) is 5.11. The van der Waals surface area contributed by atoms with E-state index in [2.05, 4.69) is 13.2 Å². The van der Waals surface area contributed by atoms with Crippen LogP contribution in [0.1, 0.15) is 64.2 Å². The fraction of sp³-hybridized carbons (Fsp3) is 0.700. The van der Waals surface area contributed by atoms with Crippen LogP contribution in [-0.4, -0.2) is 34.0 Å². The first kappa shape index (κ1) is 20.8. The topological polar surface area (TPSA) is 74.6 Å². The summed E-state index contributed by atoms with van der Waals surface area (Å²) in [5.41, 5.74) is 0. The lowest BCUT2D eigenvalue weighted by Crippen LogP contribution is -2.19. The molecule has 0 heterocycles. The van der Waals surface area contributed by atoms with Crippen molar-refractivity contribution in [3.8, 4) is 0 Å². The zero-order valence-electron chi connectivity index (χ0n) is 14.7. The van der Waals surface area contributed by atoms with Crippen molar-refractivity contribution in [2.24, 2.45) is 11.8 Å². The van der Waals surface area contributed by atoms with Crippen LogP contribution in [0.3, 0.4) is 0 Å². The largest absolute Gasteiger partial charge is 0.393 e. The average Bonchev–Trinajstić information content (AvgIpc) is 2.58. The summed E-state index contributed by atoms with van der Waals surface area (Å²) in [6.07, 6.45) is 9.68. The lowest BCUT2D eigenvalue weighted by Gasteiger charge is -2.29. The van der Waals surface area contributed by atoms with Gasteiger partial charge in [-0.2, -0.15) is 0 Å². The maximum atomic E-state index is 11.2. The van der Waals surface area contributed by atoms with Crippen LogP contribution in [0, 0.1) is 11.8 Å². The summed E-state index contributed by atoms with van der Waals surface area (Å²) in [5, 5.41) is 19.7. The SMILES string of the molecule is C=CC(=O)CC(O)CCC1CCC(CCC(O)CC(=O)C=C)CC1. The molecule has 1 rings (SSSR count). The number of hydrogen-bond donors (Lipinski definition) is 2. The van der Waals surface area contributed by atoms with Crippen LogP contribution in [0.2, 0.25) is 0 Å². The molecule has 0 aromatic rings. The first-order valence-corrected chi connectivity index (χ1v) is 9.11. The highest BCUT2D eigenvalue weighted by molar-refractivity contribution is 5.89. The monoisotopic (exact) mass is 336 g/mol. The second kappa shape index (κ2) is 11.3. The lowest BCUT2D eigenvalue weighted by atomic mass is 9.77. The minimum Gasteiger partial charge on any atom is -0.393 e. The Morgan fingerprint density at radius 2 is 1.17 bits per heavy atom. The van der Waals surface area contributed by atoms with Crippen LogP contribution in [0.15, 0.2) is 25.3 Å². The van der Waals surface area contributed by atoms with Gasteiger partial charge in [0.15, 0.2) is 11.6 Å². The molecule has 2 N–H and O–H groups in total. The van der Waals surface area contributed by atoms with Crippen molar-refractivity contribution >= 4 is 11.6 Å². The molecule has 4 nitrogen and oxygen atoms in total. The summed E-state index contributed by atoms with van der Waals surface area (Å²) in [6, 6.07) is 0. The van der Waals surface area contributed by atoms with Crippen LogP contribution in [0.4, 0.5) is 0 Å². The van der Waals surface area contributed by atoms with Crippen LogP contribution >= 0.6 is 0 Å². The summed E-state index contributed by atoms with van der Waals surface area (Å²) in [6.45, 7) is 6.84. The van der Waals surface area contributed by atoms with Crippen LogP contribution in [0.5, 0.6) is 0 Å². The first-order chi connectivity index (χ1) is 11.4. The summed E-state index contributed by atoms with van der Waals surface area (Å²) in [7, 11) is 0. The van der Waals surface area contributed by atoms with Crippen molar-refractivity contribution < 1.29 is 19.8 Å². The van der Waals surface area contributed by atoms with E-state index in [0.717, 1.165) is 38.5 Å². The number of aliphatic hydroxyl groups excluding tert-OH is 2. The normalized spacial score (nSPS) is 23.2. The summed E-state index contributed by atoms with van der Waals surface area (Å²) >= 11 is 0. The molecule has 2 unspecified atom stereocenters. The molecule has 0 aromatic carbocycles. The Bertz CT molecular complexity index is 381. The van der Waals surface area contributed by atoms with Gasteiger partial charge in [0.1, 0.15) is 0 Å². The Kier molecular flexibility index (Phi) is 9.80. The maximum absolute atomic E-state index is 11.2. The van der Waals surface area contributed by atoms with E-state index in [-0.39, 0.29) is 24.4 Å². The van der Waals surface area contributed by atoms with Crippen molar-refractivity contribution in [2.45, 2.75) is 76.4 Å². The zero-order chi connectivity index (χ0) is 17.9. The first-order valence-electron chi connectivity index (χ1n) is 9.11. The van der Waals surface area contributed by atoms with Crippen LogP contribution in [0.25, 0.3) is 0 Å². The Morgan fingerprint density at radius 3 is 1.46 bits per heavy atom. The number of carbonyl (C=O) groups excluding carboxylic acids is 2. The molecule has 24 heavy (non-hydrogen) atoms. The van der Waals surface area contributed by atoms with E-state index in [9.17, 15) is 19.8 Å². The lowest BCUT2D eigenvalue weighted by molar-refractivity contribution is -0.117. The molecule has 0 aliphatic heterocycles. The molecule has 136 valence electrons. The molecular weight excluding hydrogens is 304 g/mol. The Morgan fingerprint density at radius 1 is 0.833 bits per heavy atom. The third kappa shape index (κ3) is 8.55. The number of aliphatic hydroxyl groups is 2. The van der Waals surface area contributed by atoms with Gasteiger partial charge in [-0.05, 0) is 49.7 Å². The van der Waals surface area contributed by atoms with Crippen molar-refractivity contribution in [1.82, 2.24) is 0 Å². The smallest absolute Gasteiger partial charge is 0.157 e. The van der Waals surface area contributed by atoms with Gasteiger partial charge < -0.3 is 10.2 Å². The highest BCUT2D eigenvalue weighted by atomic mass is 16.3. The molecule has 0 bridgehead atoms. The van der Waals surface area contributed by atoms with E-state index in [4.69, 9.17) is 0 Å². The standard InChI is InChI=1S/C20H32O4/c1-3-17(21)13-19(23)11-9-15-5-7-16(8-6-15)10-12-20(24)14-18(22)4-2/h3-4,15-16,19-20,23-24H,1-2,5-14H2. The van der Waals surface area contributed by atoms with Gasteiger partial charge in [0.2, 0.25) is 0 Å². The molecule has 0 amide bonds. The highest BCUT2D eigenvalue weighted by Gasteiger charge is 2.23. The number of rotatable bonds is 12. The van der Waals surface area contributed by atoms with Gasteiger partial charge in [-0.3, -0.25) is 9.59 Å². The van der Waals surface area contributed by atoms with E-state index >= 15 is 0 Å². The van der Waals surface area contributed by atoms with Gasteiger partial charge in [-0.15, -0.1) is 0 Å². The average molecular weight is 336 g/mol. The fourth-order valence-corrected chi connectivity index (χ4v) is 3.50.